The van der Waals surface area contributed by atoms with Crippen molar-refractivity contribution in [2.24, 2.45) is 5.92 Å². The lowest BCUT2D eigenvalue weighted by molar-refractivity contribution is 0.244. The van der Waals surface area contributed by atoms with Gasteiger partial charge >= 0.3 is 0 Å². The smallest absolute Gasteiger partial charge is 0.120 e. The number of hydrogen-bond acceptors (Lipinski definition) is 3. The first-order valence-electron chi connectivity index (χ1n) is 6.92. The van der Waals surface area contributed by atoms with Gasteiger partial charge in [0.1, 0.15) is 5.75 Å². The number of rotatable bonds is 6. The molecule has 1 aromatic rings. The van der Waals surface area contributed by atoms with Gasteiger partial charge < -0.3 is 10.5 Å². The normalized spacial score (nSPS) is 19.2. The van der Waals surface area contributed by atoms with Crippen molar-refractivity contribution < 1.29 is 4.74 Å². The van der Waals surface area contributed by atoms with Crippen LogP contribution in [0.25, 0.3) is 0 Å². The molecule has 0 aliphatic heterocycles. The van der Waals surface area contributed by atoms with Crippen molar-refractivity contribution in [1.29, 1.82) is 0 Å². The van der Waals surface area contributed by atoms with Crippen molar-refractivity contribution >= 4 is 5.69 Å². The predicted molar refractivity (Wildman–Crippen MR) is 73.6 cm³/mol. The molecule has 0 radical (unpaired) electrons. The van der Waals surface area contributed by atoms with Crippen LogP contribution in [0.5, 0.6) is 5.75 Å². The molecule has 2 aliphatic rings. The molecular weight excluding hydrogens is 224 g/mol. The van der Waals surface area contributed by atoms with Crippen LogP contribution in [0.4, 0.5) is 5.69 Å². The monoisotopic (exact) mass is 246 g/mol. The first kappa shape index (κ1) is 11.8. The molecule has 18 heavy (non-hydrogen) atoms. The molecule has 0 aromatic heterocycles. The molecule has 2 aliphatic carbocycles. The maximum Gasteiger partial charge on any atom is 0.120 e. The molecule has 0 unspecified atom stereocenters. The van der Waals surface area contributed by atoms with E-state index in [1.807, 2.05) is 12.1 Å². The van der Waals surface area contributed by atoms with E-state index in [1.165, 1.54) is 37.8 Å². The fourth-order valence-corrected chi connectivity index (χ4v) is 2.48. The van der Waals surface area contributed by atoms with Gasteiger partial charge in [0, 0.05) is 30.9 Å². The van der Waals surface area contributed by atoms with Gasteiger partial charge in [-0.05, 0) is 43.2 Å². The lowest BCUT2D eigenvalue weighted by atomic mass is 10.1. The van der Waals surface area contributed by atoms with Crippen LogP contribution in [0.15, 0.2) is 18.2 Å². The summed E-state index contributed by atoms with van der Waals surface area (Å²) in [6.07, 6.45) is 5.56. The Bertz CT molecular complexity index is 425. The Morgan fingerprint density at radius 2 is 2.06 bits per heavy atom. The topological polar surface area (TPSA) is 38.5 Å². The standard InChI is InChI=1S/C15H22N2O/c1-18-14-7-4-12(15(16)8-14)10-17(13-5-6-13)9-11-2-3-11/h4,7-8,11,13H,2-3,5-6,9-10,16H2,1H3. The van der Waals surface area contributed by atoms with Gasteiger partial charge in [0.05, 0.1) is 7.11 Å². The van der Waals surface area contributed by atoms with E-state index >= 15 is 0 Å². The van der Waals surface area contributed by atoms with Crippen LogP contribution in [-0.4, -0.2) is 24.6 Å². The molecule has 0 atom stereocenters. The third-order valence-electron chi connectivity index (χ3n) is 3.98. The molecule has 1 aromatic carbocycles. The minimum atomic E-state index is 0.812. The Hall–Kier alpha value is -1.22. The minimum absolute atomic E-state index is 0.812. The highest BCUT2D eigenvalue weighted by Gasteiger charge is 2.33. The average Bonchev–Trinajstić information content (AvgIpc) is 3.23. The maximum absolute atomic E-state index is 6.11. The third kappa shape index (κ3) is 2.78. The first-order valence-corrected chi connectivity index (χ1v) is 6.92. The van der Waals surface area contributed by atoms with Gasteiger partial charge in [0.15, 0.2) is 0 Å². The van der Waals surface area contributed by atoms with Crippen LogP contribution in [-0.2, 0) is 6.54 Å². The number of ether oxygens (including phenoxy) is 1. The van der Waals surface area contributed by atoms with Gasteiger partial charge in [-0.3, -0.25) is 4.90 Å². The fraction of sp³-hybridized carbons (Fsp3) is 0.600. The van der Waals surface area contributed by atoms with Crippen LogP contribution in [0.1, 0.15) is 31.2 Å². The number of nitrogen functional groups attached to an aromatic ring is 1. The number of nitrogens with two attached hydrogens (primary N) is 1. The van der Waals surface area contributed by atoms with Crippen LogP contribution in [0, 0.1) is 5.92 Å². The number of nitrogens with zero attached hydrogens (tertiary/aromatic N) is 1. The lowest BCUT2D eigenvalue weighted by Gasteiger charge is -2.22. The zero-order chi connectivity index (χ0) is 12.5. The van der Waals surface area contributed by atoms with Gasteiger partial charge in [-0.25, -0.2) is 0 Å². The molecule has 2 fully saturated rings. The first-order chi connectivity index (χ1) is 8.76. The number of hydrogen-bond donors (Lipinski definition) is 1. The summed E-state index contributed by atoms with van der Waals surface area (Å²) < 4.78 is 5.20. The van der Waals surface area contributed by atoms with Crippen LogP contribution < -0.4 is 10.5 Å². The third-order valence-corrected chi connectivity index (χ3v) is 3.98. The molecule has 2 N–H and O–H groups in total. The zero-order valence-corrected chi connectivity index (χ0v) is 11.1. The van der Waals surface area contributed by atoms with E-state index in [2.05, 4.69) is 11.0 Å². The van der Waals surface area contributed by atoms with E-state index in [9.17, 15) is 0 Å². The van der Waals surface area contributed by atoms with Gasteiger partial charge in [0.25, 0.3) is 0 Å². The second-order valence-electron chi connectivity index (χ2n) is 5.67. The fourth-order valence-electron chi connectivity index (χ4n) is 2.48. The Morgan fingerprint density at radius 1 is 1.28 bits per heavy atom. The Balaban J connectivity index is 1.68. The van der Waals surface area contributed by atoms with Gasteiger partial charge in [-0.2, -0.15) is 0 Å². The number of benzene rings is 1. The van der Waals surface area contributed by atoms with Gasteiger partial charge in [0.2, 0.25) is 0 Å². The van der Waals surface area contributed by atoms with E-state index in [4.69, 9.17) is 10.5 Å². The molecule has 3 heteroatoms. The Labute approximate surface area is 109 Å². The summed E-state index contributed by atoms with van der Waals surface area (Å²) in [5.74, 6) is 1.79. The zero-order valence-electron chi connectivity index (χ0n) is 11.1. The van der Waals surface area contributed by atoms with Crippen molar-refractivity contribution in [3.8, 4) is 5.75 Å². The van der Waals surface area contributed by atoms with Crippen molar-refractivity contribution in [2.45, 2.75) is 38.3 Å². The van der Waals surface area contributed by atoms with Crippen LogP contribution in [0.3, 0.4) is 0 Å². The molecule has 3 rings (SSSR count). The Morgan fingerprint density at radius 3 is 2.61 bits per heavy atom. The largest absolute Gasteiger partial charge is 0.497 e. The molecule has 0 heterocycles. The molecular formula is C15H22N2O. The lowest BCUT2D eigenvalue weighted by Crippen LogP contribution is -2.28. The Kier molecular flexibility index (Phi) is 3.16. The highest BCUT2D eigenvalue weighted by Crippen LogP contribution is 2.36. The summed E-state index contributed by atoms with van der Waals surface area (Å²) in [4.78, 5) is 2.62. The molecule has 0 amide bonds. The SMILES string of the molecule is COc1ccc(CN(CC2CC2)C2CC2)c(N)c1. The number of methoxy groups -OCH3 is 1. The summed E-state index contributed by atoms with van der Waals surface area (Å²) in [5.41, 5.74) is 8.20. The second kappa shape index (κ2) is 4.81. The summed E-state index contributed by atoms with van der Waals surface area (Å²) in [5, 5.41) is 0. The summed E-state index contributed by atoms with van der Waals surface area (Å²) in [6.45, 7) is 2.26. The van der Waals surface area contributed by atoms with E-state index in [1.54, 1.807) is 7.11 Å². The average molecular weight is 246 g/mol. The molecule has 98 valence electrons. The van der Waals surface area contributed by atoms with E-state index < -0.39 is 0 Å². The van der Waals surface area contributed by atoms with Crippen molar-refractivity contribution in [3.05, 3.63) is 23.8 Å². The molecule has 3 nitrogen and oxygen atoms in total. The van der Waals surface area contributed by atoms with Crippen molar-refractivity contribution in [2.75, 3.05) is 19.4 Å². The van der Waals surface area contributed by atoms with E-state index in [-0.39, 0.29) is 0 Å². The quantitative estimate of drug-likeness (QED) is 0.784. The van der Waals surface area contributed by atoms with Crippen molar-refractivity contribution in [3.63, 3.8) is 0 Å². The highest BCUT2D eigenvalue weighted by atomic mass is 16.5. The molecule has 2 saturated carbocycles. The van der Waals surface area contributed by atoms with E-state index in [0.717, 1.165) is 29.9 Å². The minimum Gasteiger partial charge on any atom is -0.497 e. The highest BCUT2D eigenvalue weighted by molar-refractivity contribution is 5.51. The molecule has 0 saturated heterocycles. The van der Waals surface area contributed by atoms with Crippen LogP contribution >= 0.6 is 0 Å². The van der Waals surface area contributed by atoms with E-state index in [0.29, 0.717) is 0 Å². The van der Waals surface area contributed by atoms with Crippen LogP contribution in [0.2, 0.25) is 0 Å². The summed E-state index contributed by atoms with van der Waals surface area (Å²) >= 11 is 0. The second-order valence-corrected chi connectivity index (χ2v) is 5.67. The predicted octanol–water partition coefficient (Wildman–Crippen LogP) is 2.65. The van der Waals surface area contributed by atoms with Gasteiger partial charge in [-0.1, -0.05) is 6.07 Å². The number of anilines is 1. The molecule has 0 bridgehead atoms. The summed E-state index contributed by atoms with van der Waals surface area (Å²) in [7, 11) is 1.68. The van der Waals surface area contributed by atoms with Gasteiger partial charge in [-0.15, -0.1) is 0 Å². The molecule has 0 spiro atoms. The summed E-state index contributed by atoms with van der Waals surface area (Å²) in [6, 6.07) is 6.86. The maximum atomic E-state index is 6.11. The van der Waals surface area contributed by atoms with Crippen molar-refractivity contribution in [1.82, 2.24) is 4.90 Å².